The van der Waals surface area contributed by atoms with Crippen molar-refractivity contribution < 1.29 is 14.7 Å². The van der Waals surface area contributed by atoms with Gasteiger partial charge in [0.1, 0.15) is 6.04 Å². The quantitative estimate of drug-likeness (QED) is 0.317. The van der Waals surface area contributed by atoms with E-state index in [0.29, 0.717) is 6.42 Å². The lowest BCUT2D eigenvalue weighted by molar-refractivity contribution is -0.141. The van der Waals surface area contributed by atoms with E-state index >= 15 is 0 Å². The van der Waals surface area contributed by atoms with Gasteiger partial charge in [0.05, 0.1) is 0 Å². The van der Waals surface area contributed by atoms with Gasteiger partial charge in [0.25, 0.3) is 0 Å². The average molecular weight is 350 g/mol. The van der Waals surface area contributed by atoms with Crippen LogP contribution in [0.15, 0.2) is 36.5 Å². The Morgan fingerprint density at radius 3 is 2.08 bits per heavy atom. The highest BCUT2D eigenvalue weighted by atomic mass is 16.4. The Bertz CT molecular complexity index is 438. The first-order valence-corrected chi connectivity index (χ1v) is 9.55. The first kappa shape index (κ1) is 23.2. The number of carboxylic acids is 1. The van der Waals surface area contributed by atoms with E-state index in [2.05, 4.69) is 48.7 Å². The van der Waals surface area contributed by atoms with Gasteiger partial charge in [-0.2, -0.15) is 0 Å². The molecule has 0 fully saturated rings. The fraction of sp³-hybridized carbons (Fsp3) is 0.619. The molecule has 0 unspecified atom stereocenters. The van der Waals surface area contributed by atoms with Crippen molar-refractivity contribution >= 4 is 11.9 Å². The zero-order valence-corrected chi connectivity index (χ0v) is 15.9. The van der Waals surface area contributed by atoms with E-state index in [-0.39, 0.29) is 5.91 Å². The third-order valence-corrected chi connectivity index (χ3v) is 3.80. The lowest BCUT2D eigenvalue weighted by Gasteiger charge is -2.08. The molecular weight excluding hydrogens is 314 g/mol. The van der Waals surface area contributed by atoms with E-state index in [4.69, 9.17) is 5.11 Å². The monoisotopic (exact) mass is 349 g/mol. The molecule has 0 saturated heterocycles. The number of hydrogen-bond donors (Lipinski definition) is 2. The van der Waals surface area contributed by atoms with Crippen LogP contribution in [-0.4, -0.2) is 23.0 Å². The average Bonchev–Trinajstić information content (AvgIpc) is 2.58. The van der Waals surface area contributed by atoms with Gasteiger partial charge in [0.15, 0.2) is 0 Å². The molecule has 142 valence electrons. The number of nitrogens with one attached hydrogen (secondary N) is 1. The predicted molar refractivity (Wildman–Crippen MR) is 105 cm³/mol. The van der Waals surface area contributed by atoms with E-state index in [1.165, 1.54) is 19.8 Å². The highest BCUT2D eigenvalue weighted by Gasteiger charge is 2.12. The van der Waals surface area contributed by atoms with Crippen molar-refractivity contribution in [1.29, 1.82) is 0 Å². The molecule has 0 aliphatic heterocycles. The summed E-state index contributed by atoms with van der Waals surface area (Å²) >= 11 is 0. The summed E-state index contributed by atoms with van der Waals surface area (Å²) in [7, 11) is 0. The van der Waals surface area contributed by atoms with Crippen LogP contribution in [0.25, 0.3) is 0 Å². The smallest absolute Gasteiger partial charge is 0.325 e. The molecule has 0 aromatic carbocycles. The van der Waals surface area contributed by atoms with Crippen LogP contribution in [0.3, 0.4) is 0 Å². The number of carbonyl (C=O) groups excluding carboxylic acids is 1. The molecule has 0 saturated carbocycles. The zero-order chi connectivity index (χ0) is 18.8. The van der Waals surface area contributed by atoms with E-state index in [1.807, 2.05) is 0 Å². The summed E-state index contributed by atoms with van der Waals surface area (Å²) < 4.78 is 0. The summed E-state index contributed by atoms with van der Waals surface area (Å²) in [5.41, 5.74) is 0. The van der Waals surface area contributed by atoms with Gasteiger partial charge in [0.2, 0.25) is 5.91 Å². The predicted octanol–water partition coefficient (Wildman–Crippen LogP) is 5.17. The largest absolute Gasteiger partial charge is 0.480 e. The van der Waals surface area contributed by atoms with Crippen LogP contribution in [0.4, 0.5) is 0 Å². The summed E-state index contributed by atoms with van der Waals surface area (Å²) in [4.78, 5) is 22.1. The van der Waals surface area contributed by atoms with Crippen molar-refractivity contribution in [3.63, 3.8) is 0 Å². The highest BCUT2D eigenvalue weighted by molar-refractivity contribution is 5.83. The molecule has 0 aromatic rings. The Morgan fingerprint density at radius 2 is 1.44 bits per heavy atom. The topological polar surface area (TPSA) is 66.4 Å². The summed E-state index contributed by atoms with van der Waals surface area (Å²) in [6.45, 7) is 3.62. The van der Waals surface area contributed by atoms with Crippen molar-refractivity contribution in [1.82, 2.24) is 5.32 Å². The van der Waals surface area contributed by atoms with Crippen LogP contribution in [0.1, 0.15) is 78.1 Å². The number of aliphatic carboxylic acids is 1. The van der Waals surface area contributed by atoms with Crippen molar-refractivity contribution in [2.24, 2.45) is 0 Å². The highest BCUT2D eigenvalue weighted by Crippen LogP contribution is 2.08. The molecule has 1 atom stereocenters. The fourth-order valence-corrected chi connectivity index (χ4v) is 2.28. The Kier molecular flexibility index (Phi) is 15.7. The summed E-state index contributed by atoms with van der Waals surface area (Å²) in [5, 5.41) is 11.2. The van der Waals surface area contributed by atoms with Gasteiger partial charge in [-0.15, -0.1) is 0 Å². The van der Waals surface area contributed by atoms with Crippen molar-refractivity contribution in [2.75, 3.05) is 0 Å². The minimum Gasteiger partial charge on any atom is -0.480 e. The molecule has 0 aliphatic carbocycles. The van der Waals surface area contributed by atoms with Gasteiger partial charge in [-0.05, 0) is 45.4 Å². The van der Waals surface area contributed by atoms with Gasteiger partial charge in [-0.25, -0.2) is 0 Å². The summed E-state index contributed by atoms with van der Waals surface area (Å²) in [6, 6.07) is -0.804. The van der Waals surface area contributed by atoms with Gasteiger partial charge >= 0.3 is 5.97 Å². The normalized spacial score (nSPS) is 13.0. The Balaban J connectivity index is 3.41. The fourth-order valence-electron chi connectivity index (χ4n) is 2.28. The molecule has 1 amide bonds. The molecule has 0 spiro atoms. The molecule has 0 bridgehead atoms. The standard InChI is InChI=1S/C21H35NO3/c1-3-4-5-6-7-8-9-10-11-12-13-14-15-16-17-18-20(23)22-19(2)21(24)25/h4-5,7-8,10-11,19H,3,6,9,12-18H2,1-2H3,(H,22,23)(H,24,25)/b5-4+,8-7+,11-10+/t19-/m1/s1. The first-order valence-electron chi connectivity index (χ1n) is 9.55. The SMILES string of the molecule is CC/C=C/C/C=C/C/C=C/CCCCCCCC(=O)N[C@H](C)C(=O)O. The van der Waals surface area contributed by atoms with Gasteiger partial charge < -0.3 is 10.4 Å². The number of carbonyl (C=O) groups is 2. The van der Waals surface area contributed by atoms with Crippen molar-refractivity contribution in [3.8, 4) is 0 Å². The molecule has 0 rings (SSSR count). The maximum absolute atomic E-state index is 11.5. The first-order chi connectivity index (χ1) is 12.1. The number of carboxylic acid groups (broad SMARTS) is 1. The van der Waals surface area contributed by atoms with Gasteiger partial charge in [0, 0.05) is 6.42 Å². The molecule has 4 nitrogen and oxygen atoms in total. The molecule has 4 heteroatoms. The van der Waals surface area contributed by atoms with E-state index < -0.39 is 12.0 Å². The lowest BCUT2D eigenvalue weighted by atomic mass is 10.1. The minimum atomic E-state index is -0.995. The van der Waals surface area contributed by atoms with Crippen LogP contribution in [-0.2, 0) is 9.59 Å². The van der Waals surface area contributed by atoms with Crippen LogP contribution in [0, 0.1) is 0 Å². The molecule has 0 aliphatic rings. The van der Waals surface area contributed by atoms with Crippen LogP contribution < -0.4 is 5.32 Å². The maximum atomic E-state index is 11.5. The lowest BCUT2D eigenvalue weighted by Crippen LogP contribution is -2.38. The van der Waals surface area contributed by atoms with Crippen LogP contribution >= 0.6 is 0 Å². The molecule has 0 heterocycles. The van der Waals surface area contributed by atoms with E-state index in [9.17, 15) is 9.59 Å². The number of allylic oxidation sites excluding steroid dienone is 6. The third kappa shape index (κ3) is 16.8. The van der Waals surface area contributed by atoms with Gasteiger partial charge in [-0.1, -0.05) is 62.6 Å². The van der Waals surface area contributed by atoms with Crippen molar-refractivity contribution in [3.05, 3.63) is 36.5 Å². The molecule has 0 radical (unpaired) electrons. The second-order valence-corrected chi connectivity index (χ2v) is 6.23. The number of rotatable bonds is 15. The van der Waals surface area contributed by atoms with Crippen LogP contribution in [0.2, 0.25) is 0 Å². The Morgan fingerprint density at radius 1 is 0.880 bits per heavy atom. The Labute approximate surface area is 153 Å². The number of unbranched alkanes of at least 4 members (excludes halogenated alkanes) is 5. The minimum absolute atomic E-state index is 0.170. The molecule has 2 N–H and O–H groups in total. The summed E-state index contributed by atoms with van der Waals surface area (Å²) in [5.74, 6) is -1.17. The second-order valence-electron chi connectivity index (χ2n) is 6.23. The zero-order valence-electron chi connectivity index (χ0n) is 15.9. The number of hydrogen-bond acceptors (Lipinski definition) is 2. The molecular formula is C21H35NO3. The van der Waals surface area contributed by atoms with Crippen LogP contribution in [0.5, 0.6) is 0 Å². The van der Waals surface area contributed by atoms with Gasteiger partial charge in [-0.3, -0.25) is 9.59 Å². The molecule has 0 aromatic heterocycles. The van der Waals surface area contributed by atoms with E-state index in [1.54, 1.807) is 0 Å². The van der Waals surface area contributed by atoms with Crippen molar-refractivity contribution in [2.45, 2.75) is 84.1 Å². The number of amides is 1. The Hall–Kier alpha value is -1.84. The van der Waals surface area contributed by atoms with E-state index in [0.717, 1.165) is 44.9 Å². The molecule has 25 heavy (non-hydrogen) atoms. The third-order valence-electron chi connectivity index (χ3n) is 3.80. The summed E-state index contributed by atoms with van der Waals surface area (Å²) in [6.07, 6.45) is 23.2. The maximum Gasteiger partial charge on any atom is 0.325 e. The second kappa shape index (κ2) is 17.0.